The van der Waals surface area contributed by atoms with E-state index in [2.05, 4.69) is 16.0 Å². The lowest BCUT2D eigenvalue weighted by Gasteiger charge is -2.27. The third kappa shape index (κ3) is 11.4. The number of hydrogen-bond donors (Lipinski definition) is 4. The maximum absolute atomic E-state index is 5.50. The van der Waals surface area contributed by atoms with Gasteiger partial charge in [-0.2, -0.15) is 0 Å². The van der Waals surface area contributed by atoms with Crippen LogP contribution >= 0.6 is 0 Å². The maximum atomic E-state index is 5.50. The van der Waals surface area contributed by atoms with Gasteiger partial charge in [-0.25, -0.2) is 0 Å². The number of rotatable bonds is 15. The molecule has 2 aliphatic rings. The van der Waals surface area contributed by atoms with Gasteiger partial charge in [0.25, 0.3) is 0 Å². The topological polar surface area (TPSA) is 62.1 Å². The molecule has 0 bridgehead atoms. The van der Waals surface area contributed by atoms with E-state index in [0.29, 0.717) is 0 Å². The summed E-state index contributed by atoms with van der Waals surface area (Å²) in [5, 5.41) is 10.8. The highest BCUT2D eigenvalue weighted by molar-refractivity contribution is 4.75. The summed E-state index contributed by atoms with van der Waals surface area (Å²) in [7, 11) is 0. The Balaban J connectivity index is 1.59. The van der Waals surface area contributed by atoms with Gasteiger partial charge in [0.1, 0.15) is 0 Å². The summed E-state index contributed by atoms with van der Waals surface area (Å²) in [6, 6.07) is 0.742. The molecule has 27 heavy (non-hydrogen) atoms. The van der Waals surface area contributed by atoms with Crippen molar-refractivity contribution in [2.24, 2.45) is 17.6 Å². The molecule has 2 aliphatic carbocycles. The van der Waals surface area contributed by atoms with Crippen molar-refractivity contribution in [2.75, 3.05) is 39.3 Å². The van der Waals surface area contributed by atoms with Crippen molar-refractivity contribution >= 4 is 0 Å². The second-order valence-electron chi connectivity index (χ2n) is 9.10. The Morgan fingerprint density at radius 2 is 1.11 bits per heavy atom. The van der Waals surface area contributed by atoms with Gasteiger partial charge in [-0.3, -0.25) is 0 Å². The summed E-state index contributed by atoms with van der Waals surface area (Å²) >= 11 is 0. The summed E-state index contributed by atoms with van der Waals surface area (Å²) in [5.41, 5.74) is 5.50. The Labute approximate surface area is 169 Å². The van der Waals surface area contributed by atoms with Gasteiger partial charge >= 0.3 is 0 Å². The van der Waals surface area contributed by atoms with Crippen LogP contribution < -0.4 is 21.7 Å². The van der Waals surface area contributed by atoms with Crippen LogP contribution in [0.15, 0.2) is 0 Å². The molecule has 2 fully saturated rings. The molecule has 0 heterocycles. The highest BCUT2D eigenvalue weighted by atomic mass is 15.0. The molecule has 160 valence electrons. The first-order valence-electron chi connectivity index (χ1n) is 12.2. The predicted molar refractivity (Wildman–Crippen MR) is 118 cm³/mol. The van der Waals surface area contributed by atoms with Gasteiger partial charge in [-0.1, -0.05) is 64.2 Å². The lowest BCUT2D eigenvalue weighted by Crippen LogP contribution is -2.38. The van der Waals surface area contributed by atoms with E-state index < -0.39 is 0 Å². The highest BCUT2D eigenvalue weighted by Crippen LogP contribution is 2.30. The van der Waals surface area contributed by atoms with Crippen LogP contribution in [0, 0.1) is 11.8 Å². The number of nitrogens with two attached hydrogens (primary N) is 1. The van der Waals surface area contributed by atoms with Gasteiger partial charge in [0.2, 0.25) is 0 Å². The van der Waals surface area contributed by atoms with Crippen LogP contribution in [0.4, 0.5) is 0 Å². The molecule has 0 saturated heterocycles. The zero-order chi connectivity index (χ0) is 19.0. The average Bonchev–Trinajstić information content (AvgIpc) is 2.73. The standard InChI is InChI=1S/C23H48N4/c24-15-16-25-17-18-26-19-20-27-23(13-11-21-7-3-1-4-8-21)14-12-22-9-5-2-6-10-22/h21-23,25-27H,1-20,24H2. The first-order valence-corrected chi connectivity index (χ1v) is 12.2. The van der Waals surface area contributed by atoms with E-state index in [9.17, 15) is 0 Å². The fourth-order valence-electron chi connectivity index (χ4n) is 5.07. The number of hydrogen-bond acceptors (Lipinski definition) is 4. The molecule has 2 rings (SSSR count). The lowest BCUT2D eigenvalue weighted by molar-refractivity contribution is 0.283. The Bertz CT molecular complexity index is 302. The Morgan fingerprint density at radius 3 is 1.63 bits per heavy atom. The van der Waals surface area contributed by atoms with E-state index in [1.165, 1.54) is 89.9 Å². The molecule has 0 atom stereocenters. The quantitative estimate of drug-likeness (QED) is 0.326. The first kappa shape index (κ1) is 23.1. The van der Waals surface area contributed by atoms with Crippen LogP contribution in [-0.4, -0.2) is 45.3 Å². The molecule has 0 radical (unpaired) electrons. The second-order valence-corrected chi connectivity index (χ2v) is 9.10. The van der Waals surface area contributed by atoms with Crippen molar-refractivity contribution in [1.29, 1.82) is 0 Å². The Hall–Kier alpha value is -0.160. The third-order valence-corrected chi connectivity index (χ3v) is 6.83. The minimum atomic E-state index is 0.727. The van der Waals surface area contributed by atoms with Crippen molar-refractivity contribution in [1.82, 2.24) is 16.0 Å². The van der Waals surface area contributed by atoms with Crippen LogP contribution in [0.3, 0.4) is 0 Å². The molecule has 0 aromatic rings. The summed E-state index contributed by atoms with van der Waals surface area (Å²) in [4.78, 5) is 0. The van der Waals surface area contributed by atoms with E-state index in [-0.39, 0.29) is 0 Å². The van der Waals surface area contributed by atoms with Crippen LogP contribution in [-0.2, 0) is 0 Å². The molecule has 0 unspecified atom stereocenters. The summed E-state index contributed by atoms with van der Waals surface area (Å²) < 4.78 is 0. The fourth-order valence-corrected chi connectivity index (χ4v) is 5.07. The van der Waals surface area contributed by atoms with Gasteiger partial charge < -0.3 is 21.7 Å². The predicted octanol–water partition coefficient (Wildman–Crippen LogP) is 3.80. The molecular formula is C23H48N4. The van der Waals surface area contributed by atoms with E-state index in [4.69, 9.17) is 5.73 Å². The maximum Gasteiger partial charge on any atom is 0.00793 e. The molecule has 5 N–H and O–H groups in total. The molecule has 0 spiro atoms. The average molecular weight is 381 g/mol. The normalized spacial score (nSPS) is 19.8. The van der Waals surface area contributed by atoms with Crippen LogP contribution in [0.1, 0.15) is 89.9 Å². The SMILES string of the molecule is NCCNCCNCCNC(CCC1CCCCC1)CCC1CCCCC1. The van der Waals surface area contributed by atoms with Crippen LogP contribution in [0.2, 0.25) is 0 Å². The van der Waals surface area contributed by atoms with E-state index >= 15 is 0 Å². The van der Waals surface area contributed by atoms with Gasteiger partial charge in [-0.05, 0) is 37.5 Å². The first-order chi connectivity index (χ1) is 13.4. The zero-order valence-corrected chi connectivity index (χ0v) is 18.0. The van der Waals surface area contributed by atoms with Gasteiger partial charge in [0.15, 0.2) is 0 Å². The monoisotopic (exact) mass is 380 g/mol. The van der Waals surface area contributed by atoms with E-state index in [1.54, 1.807) is 0 Å². The second kappa shape index (κ2) is 15.7. The minimum absolute atomic E-state index is 0.727. The van der Waals surface area contributed by atoms with Crippen LogP contribution in [0.25, 0.3) is 0 Å². The molecule has 0 aliphatic heterocycles. The zero-order valence-electron chi connectivity index (χ0n) is 18.0. The van der Waals surface area contributed by atoms with Crippen molar-refractivity contribution in [3.8, 4) is 0 Å². The van der Waals surface area contributed by atoms with Crippen molar-refractivity contribution in [2.45, 2.75) is 95.9 Å². The smallest absolute Gasteiger partial charge is 0.00793 e. The molecule has 0 aromatic heterocycles. The summed E-state index contributed by atoms with van der Waals surface area (Å²) in [6.45, 7) is 5.89. The van der Waals surface area contributed by atoms with Crippen LogP contribution in [0.5, 0.6) is 0 Å². The van der Waals surface area contributed by atoms with Crippen molar-refractivity contribution < 1.29 is 0 Å². The van der Waals surface area contributed by atoms with Gasteiger partial charge in [0, 0.05) is 45.3 Å². The third-order valence-electron chi connectivity index (χ3n) is 6.83. The molecule has 0 amide bonds. The summed E-state index contributed by atoms with van der Waals surface area (Å²) in [5.74, 6) is 2.04. The molecule has 4 heteroatoms. The van der Waals surface area contributed by atoms with Crippen molar-refractivity contribution in [3.05, 3.63) is 0 Å². The lowest BCUT2D eigenvalue weighted by atomic mass is 9.82. The van der Waals surface area contributed by atoms with E-state index in [1.807, 2.05) is 0 Å². The largest absolute Gasteiger partial charge is 0.329 e. The molecule has 2 saturated carbocycles. The summed E-state index contributed by atoms with van der Waals surface area (Å²) in [6.07, 6.45) is 20.6. The Morgan fingerprint density at radius 1 is 0.630 bits per heavy atom. The Kier molecular flexibility index (Phi) is 13.5. The van der Waals surface area contributed by atoms with Gasteiger partial charge in [-0.15, -0.1) is 0 Å². The highest BCUT2D eigenvalue weighted by Gasteiger charge is 2.18. The molecule has 0 aromatic carbocycles. The molecule has 4 nitrogen and oxygen atoms in total. The van der Waals surface area contributed by atoms with Gasteiger partial charge in [0.05, 0.1) is 0 Å². The van der Waals surface area contributed by atoms with Crippen molar-refractivity contribution in [3.63, 3.8) is 0 Å². The van der Waals surface area contributed by atoms with E-state index in [0.717, 1.165) is 57.1 Å². The fraction of sp³-hybridized carbons (Fsp3) is 1.00. The minimum Gasteiger partial charge on any atom is -0.329 e. The number of nitrogens with one attached hydrogen (secondary N) is 3. The molecular weight excluding hydrogens is 332 g/mol.